The van der Waals surface area contributed by atoms with Gasteiger partial charge in [0.2, 0.25) is 0 Å². The van der Waals surface area contributed by atoms with Crippen LogP contribution in [-0.4, -0.2) is 36.6 Å². The number of aromatic nitrogens is 5. The Morgan fingerprint density at radius 2 is 2.00 bits per heavy atom. The molecule has 1 aliphatic rings. The summed E-state index contributed by atoms with van der Waals surface area (Å²) in [6, 6.07) is 11.3. The van der Waals surface area contributed by atoms with Crippen LogP contribution in [0.5, 0.6) is 5.75 Å². The Morgan fingerprint density at radius 1 is 1.11 bits per heavy atom. The minimum absolute atomic E-state index is 0.0988. The van der Waals surface area contributed by atoms with E-state index in [0.717, 1.165) is 17.3 Å². The zero-order valence-electron chi connectivity index (χ0n) is 14.4. The number of amides is 1. The molecule has 1 amide bonds. The SMILES string of the molecule is O=C1c2cc(COc3ccccc3)nn2CCN1c1cnc2cnccn12. The third kappa shape index (κ3) is 2.71. The van der Waals surface area contributed by atoms with Gasteiger partial charge in [0.15, 0.2) is 5.65 Å². The van der Waals surface area contributed by atoms with Crippen molar-refractivity contribution in [3.63, 3.8) is 0 Å². The zero-order valence-corrected chi connectivity index (χ0v) is 14.4. The molecule has 8 nitrogen and oxygen atoms in total. The molecule has 4 aromatic rings. The highest BCUT2D eigenvalue weighted by atomic mass is 16.5. The van der Waals surface area contributed by atoms with Crippen molar-refractivity contribution in [3.8, 4) is 5.75 Å². The molecule has 134 valence electrons. The Balaban J connectivity index is 1.40. The Labute approximate surface area is 154 Å². The highest BCUT2D eigenvalue weighted by Crippen LogP contribution is 2.23. The monoisotopic (exact) mass is 360 g/mol. The van der Waals surface area contributed by atoms with E-state index in [-0.39, 0.29) is 5.91 Å². The minimum atomic E-state index is -0.0988. The second-order valence-electron chi connectivity index (χ2n) is 6.22. The van der Waals surface area contributed by atoms with Crippen molar-refractivity contribution >= 4 is 17.4 Å². The number of carbonyl (C=O) groups excluding carboxylic acids is 1. The van der Waals surface area contributed by atoms with Gasteiger partial charge in [-0.15, -0.1) is 0 Å². The lowest BCUT2D eigenvalue weighted by molar-refractivity contribution is 0.0961. The first kappa shape index (κ1) is 15.6. The smallest absolute Gasteiger partial charge is 0.277 e. The highest BCUT2D eigenvalue weighted by molar-refractivity contribution is 6.05. The van der Waals surface area contributed by atoms with E-state index < -0.39 is 0 Å². The number of nitrogens with zero attached hydrogens (tertiary/aromatic N) is 6. The lowest BCUT2D eigenvalue weighted by Gasteiger charge is -2.26. The van der Waals surface area contributed by atoms with E-state index in [1.807, 2.05) is 34.7 Å². The van der Waals surface area contributed by atoms with Gasteiger partial charge in [0.05, 0.1) is 18.9 Å². The molecule has 0 unspecified atom stereocenters. The van der Waals surface area contributed by atoms with Gasteiger partial charge in [-0.3, -0.25) is 23.8 Å². The summed E-state index contributed by atoms with van der Waals surface area (Å²) >= 11 is 0. The summed E-state index contributed by atoms with van der Waals surface area (Å²) in [6.07, 6.45) is 6.84. The van der Waals surface area contributed by atoms with Crippen molar-refractivity contribution in [3.05, 3.63) is 72.6 Å². The molecule has 0 saturated heterocycles. The first-order valence-corrected chi connectivity index (χ1v) is 8.63. The Hall–Kier alpha value is -3.68. The van der Waals surface area contributed by atoms with Crippen LogP contribution in [0.1, 0.15) is 16.2 Å². The van der Waals surface area contributed by atoms with Crippen molar-refractivity contribution in [1.82, 2.24) is 24.1 Å². The van der Waals surface area contributed by atoms with Gasteiger partial charge in [-0.2, -0.15) is 5.10 Å². The maximum atomic E-state index is 13.0. The van der Waals surface area contributed by atoms with Crippen LogP contribution >= 0.6 is 0 Å². The number of imidazole rings is 1. The molecule has 0 atom stereocenters. The number of anilines is 1. The summed E-state index contributed by atoms with van der Waals surface area (Å²) in [5.41, 5.74) is 1.99. The second-order valence-corrected chi connectivity index (χ2v) is 6.22. The molecule has 0 fully saturated rings. The first-order valence-electron chi connectivity index (χ1n) is 8.63. The van der Waals surface area contributed by atoms with Gasteiger partial charge in [-0.1, -0.05) is 18.2 Å². The van der Waals surface area contributed by atoms with Crippen molar-refractivity contribution in [2.24, 2.45) is 0 Å². The van der Waals surface area contributed by atoms with Crippen LogP contribution in [0.25, 0.3) is 5.65 Å². The van der Waals surface area contributed by atoms with Gasteiger partial charge in [0, 0.05) is 18.9 Å². The summed E-state index contributed by atoms with van der Waals surface area (Å²) in [5, 5.41) is 4.51. The summed E-state index contributed by atoms with van der Waals surface area (Å²) < 4.78 is 9.34. The molecular weight excluding hydrogens is 344 g/mol. The molecule has 5 rings (SSSR count). The molecule has 0 aliphatic carbocycles. The molecule has 0 radical (unpaired) electrons. The fraction of sp³-hybridized carbons (Fsp3) is 0.158. The van der Waals surface area contributed by atoms with Crippen molar-refractivity contribution < 1.29 is 9.53 Å². The molecule has 4 heterocycles. The summed E-state index contributed by atoms with van der Waals surface area (Å²) in [7, 11) is 0. The lowest BCUT2D eigenvalue weighted by Crippen LogP contribution is -2.41. The Kier molecular flexibility index (Phi) is 3.60. The van der Waals surface area contributed by atoms with Crippen LogP contribution in [-0.2, 0) is 13.2 Å². The van der Waals surface area contributed by atoms with E-state index in [2.05, 4.69) is 15.1 Å². The molecule has 1 aliphatic heterocycles. The van der Waals surface area contributed by atoms with Gasteiger partial charge in [-0.05, 0) is 18.2 Å². The van der Waals surface area contributed by atoms with E-state index in [9.17, 15) is 4.79 Å². The minimum Gasteiger partial charge on any atom is -0.487 e. The van der Waals surface area contributed by atoms with Gasteiger partial charge in [-0.25, -0.2) is 4.98 Å². The number of hydrogen-bond acceptors (Lipinski definition) is 5. The van der Waals surface area contributed by atoms with Gasteiger partial charge < -0.3 is 4.74 Å². The molecule has 8 heteroatoms. The zero-order chi connectivity index (χ0) is 18.2. The van der Waals surface area contributed by atoms with Crippen molar-refractivity contribution in [2.45, 2.75) is 13.2 Å². The van der Waals surface area contributed by atoms with Crippen LogP contribution in [0.15, 0.2) is 61.2 Å². The lowest BCUT2D eigenvalue weighted by atomic mass is 10.2. The number of para-hydroxylation sites is 1. The fourth-order valence-electron chi connectivity index (χ4n) is 3.24. The van der Waals surface area contributed by atoms with E-state index in [0.29, 0.717) is 31.0 Å². The number of benzene rings is 1. The van der Waals surface area contributed by atoms with Crippen LogP contribution in [0, 0.1) is 0 Å². The number of hydrogen-bond donors (Lipinski definition) is 0. The average molecular weight is 360 g/mol. The molecule has 27 heavy (non-hydrogen) atoms. The van der Waals surface area contributed by atoms with Crippen molar-refractivity contribution in [1.29, 1.82) is 0 Å². The Morgan fingerprint density at radius 3 is 2.89 bits per heavy atom. The van der Waals surface area contributed by atoms with Crippen LogP contribution in [0.4, 0.5) is 5.82 Å². The van der Waals surface area contributed by atoms with E-state index in [1.54, 1.807) is 40.4 Å². The second kappa shape index (κ2) is 6.24. The van der Waals surface area contributed by atoms with Crippen LogP contribution in [0.2, 0.25) is 0 Å². The molecule has 3 aromatic heterocycles. The maximum Gasteiger partial charge on any atom is 0.277 e. The molecular formula is C19H16N6O2. The number of ether oxygens (including phenoxy) is 1. The van der Waals surface area contributed by atoms with Gasteiger partial charge >= 0.3 is 0 Å². The first-order chi connectivity index (χ1) is 13.3. The third-order valence-electron chi connectivity index (χ3n) is 4.53. The molecule has 1 aromatic carbocycles. The average Bonchev–Trinajstić information content (AvgIpc) is 3.32. The molecule has 0 N–H and O–H groups in total. The van der Waals surface area contributed by atoms with E-state index in [1.165, 1.54) is 0 Å². The van der Waals surface area contributed by atoms with Crippen molar-refractivity contribution in [2.75, 3.05) is 11.4 Å². The van der Waals surface area contributed by atoms with Crippen LogP contribution in [0.3, 0.4) is 0 Å². The largest absolute Gasteiger partial charge is 0.487 e. The quantitative estimate of drug-likeness (QED) is 0.557. The predicted molar refractivity (Wildman–Crippen MR) is 97.7 cm³/mol. The Bertz CT molecular complexity index is 1120. The summed E-state index contributed by atoms with van der Waals surface area (Å²) in [6.45, 7) is 1.46. The standard InChI is InChI=1S/C19H16N6O2/c26-19-16-10-14(13-27-15-4-2-1-3-5-15)22-25(16)9-8-24(19)18-12-21-17-11-20-6-7-23(17)18/h1-7,10-12H,8-9,13H2. The maximum absolute atomic E-state index is 13.0. The third-order valence-corrected chi connectivity index (χ3v) is 4.53. The van der Waals surface area contributed by atoms with Crippen LogP contribution < -0.4 is 9.64 Å². The summed E-state index contributed by atoms with van der Waals surface area (Å²) in [4.78, 5) is 23.1. The molecule has 0 saturated carbocycles. The number of carbonyl (C=O) groups is 1. The van der Waals surface area contributed by atoms with E-state index in [4.69, 9.17) is 4.74 Å². The van der Waals surface area contributed by atoms with Gasteiger partial charge in [0.25, 0.3) is 5.91 Å². The molecule has 0 spiro atoms. The summed E-state index contributed by atoms with van der Waals surface area (Å²) in [5.74, 6) is 1.40. The van der Waals surface area contributed by atoms with Gasteiger partial charge in [0.1, 0.15) is 29.6 Å². The highest BCUT2D eigenvalue weighted by Gasteiger charge is 2.29. The molecule has 0 bridgehead atoms. The fourth-order valence-corrected chi connectivity index (χ4v) is 3.24. The number of fused-ring (bicyclic) bond motifs is 2. The van der Waals surface area contributed by atoms with E-state index >= 15 is 0 Å². The topological polar surface area (TPSA) is 77.5 Å². The predicted octanol–water partition coefficient (Wildman–Crippen LogP) is 2.17. The number of rotatable bonds is 4. The normalized spacial score (nSPS) is 13.8.